The molecule has 4 fully saturated rings. The lowest BCUT2D eigenvalue weighted by Gasteiger charge is -2.18. The van der Waals surface area contributed by atoms with Crippen molar-refractivity contribution in [1.82, 2.24) is 0 Å². The van der Waals surface area contributed by atoms with Gasteiger partial charge in [-0.3, -0.25) is 9.59 Å². The summed E-state index contributed by atoms with van der Waals surface area (Å²) >= 11 is 0. The van der Waals surface area contributed by atoms with Gasteiger partial charge in [0, 0.05) is 12.8 Å². The summed E-state index contributed by atoms with van der Waals surface area (Å²) in [7, 11) is 0. The van der Waals surface area contributed by atoms with Crippen LogP contribution in [0, 0.1) is 11.8 Å². The van der Waals surface area contributed by atoms with E-state index < -0.39 is 0 Å². The van der Waals surface area contributed by atoms with Crippen molar-refractivity contribution in [3.05, 3.63) is 0 Å². The number of hydrogen-bond donors (Lipinski definition) is 0. The normalized spacial score (nSPS) is 38.4. The van der Waals surface area contributed by atoms with Crippen LogP contribution in [0.3, 0.4) is 0 Å². The molecule has 2 aliphatic carbocycles. The number of fused-ring (bicyclic) bond motifs is 2. The monoisotopic (exact) mass is 350 g/mol. The van der Waals surface area contributed by atoms with E-state index in [2.05, 4.69) is 0 Å². The molecule has 0 aromatic heterocycles. The Bertz CT molecular complexity index is 504. The van der Waals surface area contributed by atoms with Crippen LogP contribution >= 0.6 is 0 Å². The quantitative estimate of drug-likeness (QED) is 0.363. The SMILES string of the molecule is O=C(CCCCCOC(=O)C1CCC2OC2C1)CC1CCC2OC2C1. The second kappa shape index (κ2) is 7.75. The van der Waals surface area contributed by atoms with Crippen LogP contribution in [0.5, 0.6) is 0 Å². The first-order chi connectivity index (χ1) is 12.2. The highest BCUT2D eigenvalue weighted by molar-refractivity contribution is 5.78. The predicted molar refractivity (Wildman–Crippen MR) is 91.1 cm³/mol. The molecule has 0 bridgehead atoms. The molecule has 2 aliphatic heterocycles. The fourth-order valence-electron chi connectivity index (χ4n) is 4.61. The molecule has 0 amide bonds. The Morgan fingerprint density at radius 2 is 1.60 bits per heavy atom. The molecule has 4 aliphatic rings. The summed E-state index contributed by atoms with van der Waals surface area (Å²) in [6, 6.07) is 0. The van der Waals surface area contributed by atoms with Crippen LogP contribution in [0.25, 0.3) is 0 Å². The van der Waals surface area contributed by atoms with E-state index in [1.54, 1.807) is 0 Å². The molecule has 2 saturated heterocycles. The highest BCUT2D eigenvalue weighted by atomic mass is 16.6. The molecule has 0 aromatic carbocycles. The minimum atomic E-state index is -0.0528. The topological polar surface area (TPSA) is 68.4 Å². The fraction of sp³-hybridized carbons (Fsp3) is 0.900. The van der Waals surface area contributed by atoms with Gasteiger partial charge in [0.1, 0.15) is 5.78 Å². The van der Waals surface area contributed by atoms with Crippen LogP contribution in [0.4, 0.5) is 0 Å². The summed E-state index contributed by atoms with van der Waals surface area (Å²) in [6.45, 7) is 0.488. The molecule has 0 aromatic rings. The van der Waals surface area contributed by atoms with Crippen molar-refractivity contribution in [1.29, 1.82) is 0 Å². The lowest BCUT2D eigenvalue weighted by Crippen LogP contribution is -2.24. The van der Waals surface area contributed by atoms with Crippen LogP contribution in [-0.4, -0.2) is 42.8 Å². The first kappa shape index (κ1) is 17.5. The van der Waals surface area contributed by atoms with Crippen molar-refractivity contribution >= 4 is 11.8 Å². The number of epoxide rings is 2. The van der Waals surface area contributed by atoms with Crippen molar-refractivity contribution in [2.24, 2.45) is 11.8 Å². The summed E-state index contributed by atoms with van der Waals surface area (Å²) in [5.41, 5.74) is 0. The Balaban J connectivity index is 1.01. The van der Waals surface area contributed by atoms with Crippen molar-refractivity contribution in [3.63, 3.8) is 0 Å². The molecule has 2 saturated carbocycles. The van der Waals surface area contributed by atoms with Crippen LogP contribution < -0.4 is 0 Å². The second-order valence-electron chi connectivity index (χ2n) is 8.34. The first-order valence-electron chi connectivity index (χ1n) is 10.2. The number of Topliss-reactive ketones (excluding diaryl/α,β-unsaturated/α-hetero) is 1. The Hall–Kier alpha value is -0.940. The largest absolute Gasteiger partial charge is 0.465 e. The highest BCUT2D eigenvalue weighted by Gasteiger charge is 2.46. The van der Waals surface area contributed by atoms with E-state index in [1.807, 2.05) is 0 Å². The Morgan fingerprint density at radius 1 is 0.840 bits per heavy atom. The molecule has 2 heterocycles. The van der Waals surface area contributed by atoms with Gasteiger partial charge in [-0.15, -0.1) is 0 Å². The fourth-order valence-corrected chi connectivity index (χ4v) is 4.61. The number of hydrogen-bond acceptors (Lipinski definition) is 5. The summed E-state index contributed by atoms with van der Waals surface area (Å²) in [6.07, 6.45) is 12.0. The Morgan fingerprint density at radius 3 is 2.36 bits per heavy atom. The average molecular weight is 350 g/mol. The van der Waals surface area contributed by atoms with Crippen LogP contribution in [0.2, 0.25) is 0 Å². The second-order valence-corrected chi connectivity index (χ2v) is 8.34. The zero-order chi connectivity index (χ0) is 17.2. The van der Waals surface area contributed by atoms with E-state index >= 15 is 0 Å². The molecule has 140 valence electrons. The molecular weight excluding hydrogens is 320 g/mol. The Kier molecular flexibility index (Phi) is 5.41. The number of esters is 1. The lowest BCUT2D eigenvalue weighted by molar-refractivity contribution is -0.149. The number of carbonyl (C=O) groups excluding carboxylic acids is 2. The van der Waals surface area contributed by atoms with Gasteiger partial charge in [0.25, 0.3) is 0 Å². The van der Waals surface area contributed by atoms with E-state index in [0.29, 0.717) is 49.1 Å². The highest BCUT2D eigenvalue weighted by Crippen LogP contribution is 2.41. The smallest absolute Gasteiger partial charge is 0.309 e. The zero-order valence-corrected chi connectivity index (χ0v) is 15.0. The third-order valence-electron chi connectivity index (χ3n) is 6.31. The number of ketones is 1. The molecule has 6 unspecified atom stereocenters. The number of carbonyl (C=O) groups is 2. The van der Waals surface area contributed by atoms with Gasteiger partial charge in [-0.1, -0.05) is 0 Å². The maximum Gasteiger partial charge on any atom is 0.309 e. The van der Waals surface area contributed by atoms with Gasteiger partial charge >= 0.3 is 5.97 Å². The van der Waals surface area contributed by atoms with Gasteiger partial charge in [0.15, 0.2) is 0 Å². The maximum absolute atomic E-state index is 12.1. The maximum atomic E-state index is 12.1. The standard InChI is InChI=1S/C20H30O5/c21-15(10-13-5-7-16-18(11-13)24-16)4-2-1-3-9-23-20(22)14-6-8-17-19(12-14)25-17/h13-14,16-19H,1-12H2. The first-order valence-corrected chi connectivity index (χ1v) is 10.2. The summed E-state index contributed by atoms with van der Waals surface area (Å²) in [4.78, 5) is 24.1. The van der Waals surface area contributed by atoms with Gasteiger partial charge in [-0.25, -0.2) is 0 Å². The van der Waals surface area contributed by atoms with Crippen molar-refractivity contribution < 1.29 is 23.8 Å². The van der Waals surface area contributed by atoms with Gasteiger partial charge < -0.3 is 14.2 Å². The van der Waals surface area contributed by atoms with Crippen molar-refractivity contribution in [2.45, 2.75) is 95.0 Å². The lowest BCUT2D eigenvalue weighted by atomic mass is 9.85. The third kappa shape index (κ3) is 4.82. The summed E-state index contributed by atoms with van der Waals surface area (Å²) in [5, 5.41) is 0. The molecule has 5 heteroatoms. The molecule has 0 spiro atoms. The molecule has 4 rings (SSSR count). The van der Waals surface area contributed by atoms with Gasteiger partial charge in [-0.2, -0.15) is 0 Å². The van der Waals surface area contributed by atoms with Gasteiger partial charge in [0.2, 0.25) is 0 Å². The van der Waals surface area contributed by atoms with E-state index in [1.165, 1.54) is 0 Å². The van der Waals surface area contributed by atoms with E-state index in [-0.39, 0.29) is 11.9 Å². The molecule has 25 heavy (non-hydrogen) atoms. The van der Waals surface area contributed by atoms with Crippen LogP contribution in [0.1, 0.15) is 70.6 Å². The van der Waals surface area contributed by atoms with Crippen LogP contribution in [0.15, 0.2) is 0 Å². The van der Waals surface area contributed by atoms with Gasteiger partial charge in [-0.05, 0) is 63.7 Å². The summed E-state index contributed by atoms with van der Waals surface area (Å²) < 4.78 is 16.4. The predicted octanol–water partition coefficient (Wildman–Crippen LogP) is 3.18. The minimum absolute atomic E-state index is 0.0378. The molecular formula is C20H30O5. The summed E-state index contributed by atoms with van der Waals surface area (Å²) in [5.74, 6) is 0.920. The van der Waals surface area contributed by atoms with E-state index in [0.717, 1.165) is 64.2 Å². The van der Waals surface area contributed by atoms with Gasteiger partial charge in [0.05, 0.1) is 36.9 Å². The van der Waals surface area contributed by atoms with Crippen molar-refractivity contribution in [3.8, 4) is 0 Å². The van der Waals surface area contributed by atoms with E-state index in [4.69, 9.17) is 14.2 Å². The van der Waals surface area contributed by atoms with Crippen LogP contribution in [-0.2, 0) is 23.8 Å². The van der Waals surface area contributed by atoms with E-state index in [9.17, 15) is 9.59 Å². The molecule has 5 nitrogen and oxygen atoms in total. The minimum Gasteiger partial charge on any atom is -0.465 e. The average Bonchev–Trinajstić information content (AvgIpc) is 3.50. The molecule has 0 N–H and O–H groups in total. The Labute approximate surface area is 149 Å². The number of unbranched alkanes of at least 4 members (excludes halogenated alkanes) is 2. The van der Waals surface area contributed by atoms with Crippen molar-refractivity contribution in [2.75, 3.05) is 6.61 Å². The molecule has 6 atom stereocenters. The number of rotatable bonds is 9. The zero-order valence-electron chi connectivity index (χ0n) is 15.0. The number of ether oxygens (including phenoxy) is 3. The third-order valence-corrected chi connectivity index (χ3v) is 6.31. The molecule has 0 radical (unpaired) electrons.